The molecule has 29 heavy (non-hydrogen) atoms. The molecule has 0 aliphatic carbocycles. The number of aromatic hydroxyl groups is 1. The van der Waals surface area contributed by atoms with Crippen LogP contribution in [0.25, 0.3) is 5.69 Å². The van der Waals surface area contributed by atoms with Gasteiger partial charge in [-0.2, -0.15) is 0 Å². The Hall–Kier alpha value is -3.54. The molecule has 0 spiro atoms. The van der Waals surface area contributed by atoms with Crippen molar-refractivity contribution in [2.45, 2.75) is 6.42 Å². The lowest BCUT2D eigenvalue weighted by atomic mass is 10.1. The van der Waals surface area contributed by atoms with E-state index in [4.69, 9.17) is 0 Å². The van der Waals surface area contributed by atoms with E-state index in [0.29, 0.717) is 37.3 Å². The minimum Gasteiger partial charge on any atom is -0.508 e. The second kappa shape index (κ2) is 8.22. The molecule has 1 aliphatic rings. The summed E-state index contributed by atoms with van der Waals surface area (Å²) in [4.78, 5) is 29.2. The van der Waals surface area contributed by atoms with Crippen molar-refractivity contribution in [3.8, 4) is 11.4 Å². The summed E-state index contributed by atoms with van der Waals surface area (Å²) in [7, 11) is 0. The molecule has 1 fully saturated rings. The molecule has 2 aromatic carbocycles. The van der Waals surface area contributed by atoms with E-state index in [1.165, 1.54) is 6.07 Å². The second-order valence-corrected chi connectivity index (χ2v) is 7.13. The number of carbonyl (C=O) groups is 2. The standard InChI is InChI=1S/C23H23N3O3/c27-21-6-3-5-19(17-21)23(29)26-14-4-13-25(15-16-26)22(28)18-7-9-20(10-8-18)24-11-1-2-12-24/h1-3,5-12,17,27H,4,13-16H2. The van der Waals surface area contributed by atoms with Crippen LogP contribution in [-0.2, 0) is 0 Å². The Kier molecular flexibility index (Phi) is 5.33. The highest BCUT2D eigenvalue weighted by atomic mass is 16.3. The third-order valence-corrected chi connectivity index (χ3v) is 5.18. The summed E-state index contributed by atoms with van der Waals surface area (Å²) in [6, 6.07) is 17.8. The van der Waals surface area contributed by atoms with Gasteiger partial charge in [0.15, 0.2) is 0 Å². The molecule has 1 aliphatic heterocycles. The first-order valence-corrected chi connectivity index (χ1v) is 9.73. The largest absolute Gasteiger partial charge is 0.508 e. The molecule has 0 atom stereocenters. The molecule has 148 valence electrons. The summed E-state index contributed by atoms with van der Waals surface area (Å²) in [5.41, 5.74) is 2.12. The lowest BCUT2D eigenvalue weighted by Gasteiger charge is -2.22. The van der Waals surface area contributed by atoms with Crippen LogP contribution in [0.15, 0.2) is 73.1 Å². The van der Waals surface area contributed by atoms with Gasteiger partial charge >= 0.3 is 0 Å². The number of phenols is 1. The predicted octanol–water partition coefficient (Wildman–Crippen LogP) is 3.17. The predicted molar refractivity (Wildman–Crippen MR) is 110 cm³/mol. The zero-order valence-corrected chi connectivity index (χ0v) is 16.1. The van der Waals surface area contributed by atoms with E-state index in [9.17, 15) is 14.7 Å². The zero-order chi connectivity index (χ0) is 20.2. The van der Waals surface area contributed by atoms with E-state index >= 15 is 0 Å². The third kappa shape index (κ3) is 4.16. The Morgan fingerprint density at radius 2 is 1.34 bits per heavy atom. The number of amides is 2. The van der Waals surface area contributed by atoms with Crippen molar-refractivity contribution in [3.63, 3.8) is 0 Å². The number of hydrogen-bond acceptors (Lipinski definition) is 3. The fraction of sp³-hybridized carbons (Fsp3) is 0.217. The number of carbonyl (C=O) groups excluding carboxylic acids is 2. The first kappa shape index (κ1) is 18.8. The van der Waals surface area contributed by atoms with Crippen molar-refractivity contribution in [2.24, 2.45) is 0 Å². The number of benzene rings is 2. The van der Waals surface area contributed by atoms with Gasteiger partial charge in [0.2, 0.25) is 0 Å². The zero-order valence-electron chi connectivity index (χ0n) is 16.1. The Balaban J connectivity index is 1.41. The third-order valence-electron chi connectivity index (χ3n) is 5.18. The Labute approximate surface area is 169 Å². The van der Waals surface area contributed by atoms with Gasteiger partial charge in [-0.15, -0.1) is 0 Å². The maximum atomic E-state index is 12.9. The molecular weight excluding hydrogens is 366 g/mol. The van der Waals surface area contributed by atoms with E-state index in [2.05, 4.69) is 0 Å². The number of rotatable bonds is 3. The highest BCUT2D eigenvalue weighted by molar-refractivity contribution is 5.95. The smallest absolute Gasteiger partial charge is 0.254 e. The van der Waals surface area contributed by atoms with Gasteiger partial charge in [0.25, 0.3) is 11.8 Å². The second-order valence-electron chi connectivity index (χ2n) is 7.13. The van der Waals surface area contributed by atoms with E-state index in [1.54, 1.807) is 28.0 Å². The van der Waals surface area contributed by atoms with Gasteiger partial charge in [0, 0.05) is 55.4 Å². The molecule has 1 aromatic heterocycles. The first-order valence-electron chi connectivity index (χ1n) is 9.73. The average molecular weight is 389 g/mol. The first-order chi connectivity index (χ1) is 14.1. The summed E-state index contributed by atoms with van der Waals surface area (Å²) < 4.78 is 1.99. The van der Waals surface area contributed by atoms with Crippen molar-refractivity contribution < 1.29 is 14.7 Å². The van der Waals surface area contributed by atoms with Crippen LogP contribution in [-0.4, -0.2) is 57.5 Å². The lowest BCUT2D eigenvalue weighted by molar-refractivity contribution is 0.0718. The minimum atomic E-state index is -0.119. The molecular formula is C23H23N3O3. The molecule has 0 saturated carbocycles. The normalized spacial score (nSPS) is 14.5. The summed E-state index contributed by atoms with van der Waals surface area (Å²) in [6.45, 7) is 2.16. The fourth-order valence-corrected chi connectivity index (χ4v) is 3.61. The van der Waals surface area contributed by atoms with E-state index in [0.717, 1.165) is 12.1 Å². The van der Waals surface area contributed by atoms with Crippen LogP contribution in [0, 0.1) is 0 Å². The molecule has 6 nitrogen and oxygen atoms in total. The quantitative estimate of drug-likeness (QED) is 0.748. The van der Waals surface area contributed by atoms with Crippen LogP contribution in [0.1, 0.15) is 27.1 Å². The Morgan fingerprint density at radius 1 is 0.724 bits per heavy atom. The van der Waals surface area contributed by atoms with Crippen LogP contribution >= 0.6 is 0 Å². The van der Waals surface area contributed by atoms with Gasteiger partial charge < -0.3 is 19.5 Å². The fourth-order valence-electron chi connectivity index (χ4n) is 3.61. The number of phenolic OH excluding ortho intramolecular Hbond substituents is 1. The van der Waals surface area contributed by atoms with Crippen LogP contribution in [0.5, 0.6) is 5.75 Å². The van der Waals surface area contributed by atoms with Crippen molar-refractivity contribution in [1.29, 1.82) is 0 Å². The monoisotopic (exact) mass is 389 g/mol. The summed E-state index contributed by atoms with van der Waals surface area (Å²) >= 11 is 0. The lowest BCUT2D eigenvalue weighted by Crippen LogP contribution is -2.37. The van der Waals surface area contributed by atoms with Crippen molar-refractivity contribution >= 4 is 11.8 Å². The van der Waals surface area contributed by atoms with Gasteiger partial charge in [-0.05, 0) is 61.0 Å². The molecule has 4 rings (SSSR count). The molecule has 0 bridgehead atoms. The van der Waals surface area contributed by atoms with Crippen molar-refractivity contribution in [3.05, 3.63) is 84.2 Å². The van der Waals surface area contributed by atoms with Crippen molar-refractivity contribution in [2.75, 3.05) is 26.2 Å². The molecule has 0 radical (unpaired) electrons. The highest BCUT2D eigenvalue weighted by Crippen LogP contribution is 2.16. The summed E-state index contributed by atoms with van der Waals surface area (Å²) in [5, 5.41) is 9.61. The maximum absolute atomic E-state index is 12.9. The number of aromatic nitrogens is 1. The van der Waals surface area contributed by atoms with E-state index in [-0.39, 0.29) is 17.6 Å². The number of nitrogens with zero attached hydrogens (tertiary/aromatic N) is 3. The summed E-state index contributed by atoms with van der Waals surface area (Å²) in [5.74, 6) is -0.0622. The van der Waals surface area contributed by atoms with Crippen LogP contribution < -0.4 is 0 Å². The van der Waals surface area contributed by atoms with Gasteiger partial charge in [0.05, 0.1) is 0 Å². The van der Waals surface area contributed by atoms with E-state index in [1.807, 2.05) is 53.4 Å². The maximum Gasteiger partial charge on any atom is 0.254 e. The summed E-state index contributed by atoms with van der Waals surface area (Å²) in [6.07, 6.45) is 4.64. The van der Waals surface area contributed by atoms with Gasteiger partial charge in [-0.25, -0.2) is 0 Å². The van der Waals surface area contributed by atoms with Gasteiger partial charge in [0.1, 0.15) is 5.75 Å². The molecule has 1 saturated heterocycles. The molecule has 2 amide bonds. The van der Waals surface area contributed by atoms with Crippen LogP contribution in [0.3, 0.4) is 0 Å². The van der Waals surface area contributed by atoms with Crippen molar-refractivity contribution in [1.82, 2.24) is 14.4 Å². The Bertz CT molecular complexity index is 996. The average Bonchev–Trinajstić information content (AvgIpc) is 3.17. The number of hydrogen-bond donors (Lipinski definition) is 1. The molecule has 0 unspecified atom stereocenters. The minimum absolute atomic E-state index is 0.0179. The highest BCUT2D eigenvalue weighted by Gasteiger charge is 2.23. The molecule has 6 heteroatoms. The Morgan fingerprint density at radius 3 is 1.97 bits per heavy atom. The molecule has 3 aromatic rings. The topological polar surface area (TPSA) is 65.8 Å². The van der Waals surface area contributed by atoms with Crippen LogP contribution in [0.4, 0.5) is 0 Å². The molecule has 1 N–H and O–H groups in total. The van der Waals surface area contributed by atoms with Crippen LogP contribution in [0.2, 0.25) is 0 Å². The van der Waals surface area contributed by atoms with Gasteiger partial charge in [-0.3, -0.25) is 9.59 Å². The SMILES string of the molecule is O=C(c1ccc(-n2cccc2)cc1)N1CCCN(C(=O)c2cccc(O)c2)CC1. The van der Waals surface area contributed by atoms with Gasteiger partial charge in [-0.1, -0.05) is 6.07 Å². The molecule has 2 heterocycles. The van der Waals surface area contributed by atoms with E-state index < -0.39 is 0 Å².